The van der Waals surface area contributed by atoms with E-state index in [1.807, 2.05) is 30.3 Å². The Balaban J connectivity index is 1.43. The van der Waals surface area contributed by atoms with Crippen LogP contribution in [0.4, 0.5) is 5.69 Å². The Morgan fingerprint density at radius 2 is 1.74 bits per heavy atom. The summed E-state index contributed by atoms with van der Waals surface area (Å²) in [4.78, 5) is 35.2. The van der Waals surface area contributed by atoms with Crippen LogP contribution in [0.5, 0.6) is 0 Å². The number of tetrazole rings is 1. The van der Waals surface area contributed by atoms with E-state index in [0.29, 0.717) is 11.1 Å². The summed E-state index contributed by atoms with van der Waals surface area (Å²) in [7, 11) is 0. The molecule has 10 heteroatoms. The minimum Gasteiger partial charge on any atom is -0.459 e. The molecule has 1 heterocycles. The minimum atomic E-state index is -0.654. The molecule has 0 spiro atoms. The zero-order valence-electron chi connectivity index (χ0n) is 16.0. The number of carbonyl (C=O) groups is 2. The summed E-state index contributed by atoms with van der Waals surface area (Å²) >= 11 is 0. The van der Waals surface area contributed by atoms with Gasteiger partial charge in [-0.15, -0.1) is 5.10 Å². The summed E-state index contributed by atoms with van der Waals surface area (Å²) in [5.41, 5.74) is 0.928. The van der Waals surface area contributed by atoms with Gasteiger partial charge in [0.25, 0.3) is 5.69 Å². The maximum absolute atomic E-state index is 12.8. The first kappa shape index (κ1) is 19.8. The van der Waals surface area contributed by atoms with Crippen LogP contribution < -0.4 is 0 Å². The molecule has 3 aromatic carbocycles. The van der Waals surface area contributed by atoms with E-state index in [9.17, 15) is 19.7 Å². The molecule has 1 aromatic heterocycles. The van der Waals surface area contributed by atoms with Crippen molar-refractivity contribution in [3.63, 3.8) is 0 Å². The molecule has 0 aliphatic rings. The Morgan fingerprint density at radius 1 is 1.00 bits per heavy atom. The number of nitro groups is 1. The monoisotopic (exact) mass is 417 g/mol. The van der Waals surface area contributed by atoms with Gasteiger partial charge in [-0.1, -0.05) is 36.4 Å². The highest BCUT2D eigenvalue weighted by Crippen LogP contribution is 2.17. The molecular weight excluding hydrogens is 402 g/mol. The number of ether oxygens (including phenoxy) is 1. The number of benzene rings is 3. The van der Waals surface area contributed by atoms with E-state index >= 15 is 0 Å². The van der Waals surface area contributed by atoms with E-state index in [0.717, 1.165) is 15.5 Å². The number of esters is 1. The van der Waals surface area contributed by atoms with E-state index in [2.05, 4.69) is 15.5 Å². The standard InChI is InChI=1S/C21H15N5O5/c27-19(31-13-14-5-9-18(10-6-14)26(29)30)12-25-21(22-23-24-25)20(28)17-8-7-15-3-1-2-4-16(15)11-17/h1-11H,12-13H2. The van der Waals surface area contributed by atoms with Crippen LogP contribution in [-0.2, 0) is 22.7 Å². The number of hydrogen-bond donors (Lipinski definition) is 0. The van der Waals surface area contributed by atoms with Gasteiger partial charge in [0.1, 0.15) is 13.2 Å². The molecule has 31 heavy (non-hydrogen) atoms. The van der Waals surface area contributed by atoms with Gasteiger partial charge in [0.15, 0.2) is 0 Å². The van der Waals surface area contributed by atoms with Crippen molar-refractivity contribution in [2.45, 2.75) is 13.2 Å². The fraction of sp³-hybridized carbons (Fsp3) is 0.0952. The highest BCUT2D eigenvalue weighted by Gasteiger charge is 2.20. The van der Waals surface area contributed by atoms with Crippen molar-refractivity contribution in [3.05, 3.63) is 93.8 Å². The number of ketones is 1. The van der Waals surface area contributed by atoms with Gasteiger partial charge in [0, 0.05) is 17.7 Å². The average Bonchev–Trinajstić information content (AvgIpc) is 3.25. The fourth-order valence-corrected chi connectivity index (χ4v) is 2.98. The molecule has 4 aromatic rings. The van der Waals surface area contributed by atoms with Crippen molar-refractivity contribution >= 4 is 28.2 Å². The highest BCUT2D eigenvalue weighted by molar-refractivity contribution is 6.08. The molecule has 4 rings (SSSR count). The number of hydrogen-bond acceptors (Lipinski definition) is 8. The predicted molar refractivity (Wildman–Crippen MR) is 108 cm³/mol. The van der Waals surface area contributed by atoms with Gasteiger partial charge in [0.2, 0.25) is 11.6 Å². The third-order valence-corrected chi connectivity index (χ3v) is 4.57. The molecule has 0 unspecified atom stereocenters. The summed E-state index contributed by atoms with van der Waals surface area (Å²) in [5.74, 6) is -1.15. The van der Waals surface area contributed by atoms with Crippen LogP contribution in [0.25, 0.3) is 10.8 Å². The first-order valence-electron chi connectivity index (χ1n) is 9.20. The van der Waals surface area contributed by atoms with E-state index < -0.39 is 16.7 Å². The molecule has 0 fully saturated rings. The topological polar surface area (TPSA) is 130 Å². The first-order chi connectivity index (χ1) is 15.0. The molecular formula is C21H15N5O5. The lowest BCUT2D eigenvalue weighted by molar-refractivity contribution is -0.384. The molecule has 0 aliphatic carbocycles. The van der Waals surface area contributed by atoms with Gasteiger partial charge in [-0.2, -0.15) is 0 Å². The minimum absolute atomic E-state index is 0.0550. The van der Waals surface area contributed by atoms with Gasteiger partial charge in [-0.25, -0.2) is 4.68 Å². The summed E-state index contributed by atoms with van der Waals surface area (Å²) in [6.45, 7) is -0.429. The highest BCUT2D eigenvalue weighted by atomic mass is 16.6. The molecule has 0 atom stereocenters. The quantitative estimate of drug-likeness (QED) is 0.194. The van der Waals surface area contributed by atoms with Crippen LogP contribution in [0.1, 0.15) is 21.7 Å². The average molecular weight is 417 g/mol. The first-order valence-corrected chi connectivity index (χ1v) is 9.20. The van der Waals surface area contributed by atoms with Crippen molar-refractivity contribution in [2.24, 2.45) is 0 Å². The smallest absolute Gasteiger partial charge is 0.328 e. The van der Waals surface area contributed by atoms with Crippen LogP contribution >= 0.6 is 0 Å². The second kappa shape index (κ2) is 8.49. The van der Waals surface area contributed by atoms with E-state index in [1.165, 1.54) is 24.3 Å². The Hall–Kier alpha value is -4.47. The molecule has 0 bridgehead atoms. The number of rotatable bonds is 7. The van der Waals surface area contributed by atoms with Gasteiger partial charge in [-0.05, 0) is 45.0 Å². The third kappa shape index (κ3) is 4.42. The Bertz CT molecular complexity index is 1280. The lowest BCUT2D eigenvalue weighted by atomic mass is 10.0. The second-order valence-corrected chi connectivity index (χ2v) is 6.64. The lowest BCUT2D eigenvalue weighted by Crippen LogP contribution is -2.19. The molecule has 0 saturated heterocycles. The Kier molecular flexibility index (Phi) is 5.43. The van der Waals surface area contributed by atoms with Gasteiger partial charge in [-0.3, -0.25) is 19.7 Å². The lowest BCUT2D eigenvalue weighted by Gasteiger charge is -2.07. The summed E-state index contributed by atoms with van der Waals surface area (Å²) < 4.78 is 6.24. The van der Waals surface area contributed by atoms with Gasteiger partial charge >= 0.3 is 5.97 Å². The Morgan fingerprint density at radius 3 is 2.48 bits per heavy atom. The van der Waals surface area contributed by atoms with Gasteiger partial charge in [0.05, 0.1) is 4.92 Å². The number of non-ortho nitro benzene ring substituents is 1. The molecule has 0 radical (unpaired) electrons. The Labute approximate surface area is 175 Å². The predicted octanol–water partition coefficient (Wildman–Crippen LogP) is 2.71. The number of nitrogens with zero attached hydrogens (tertiary/aromatic N) is 5. The van der Waals surface area contributed by atoms with Crippen molar-refractivity contribution in [1.29, 1.82) is 0 Å². The van der Waals surface area contributed by atoms with Crippen LogP contribution in [0.3, 0.4) is 0 Å². The SMILES string of the molecule is O=C(Cn1nnnc1C(=O)c1ccc2ccccc2c1)OCc1ccc([N+](=O)[O-])cc1. The van der Waals surface area contributed by atoms with Crippen molar-refractivity contribution in [3.8, 4) is 0 Å². The third-order valence-electron chi connectivity index (χ3n) is 4.57. The largest absolute Gasteiger partial charge is 0.459 e. The summed E-state index contributed by atoms with van der Waals surface area (Å²) in [6.07, 6.45) is 0. The maximum atomic E-state index is 12.8. The molecule has 0 amide bonds. The molecule has 0 N–H and O–H groups in total. The molecule has 0 saturated carbocycles. The van der Waals surface area contributed by atoms with E-state index in [1.54, 1.807) is 12.1 Å². The number of fused-ring (bicyclic) bond motifs is 1. The maximum Gasteiger partial charge on any atom is 0.328 e. The normalized spacial score (nSPS) is 10.7. The zero-order valence-corrected chi connectivity index (χ0v) is 16.0. The van der Waals surface area contributed by atoms with Crippen LogP contribution in [0.2, 0.25) is 0 Å². The van der Waals surface area contributed by atoms with Crippen molar-refractivity contribution in [1.82, 2.24) is 20.2 Å². The number of carbonyl (C=O) groups excluding carboxylic acids is 2. The van der Waals surface area contributed by atoms with Crippen LogP contribution in [-0.4, -0.2) is 36.9 Å². The van der Waals surface area contributed by atoms with Crippen LogP contribution in [0, 0.1) is 10.1 Å². The molecule has 154 valence electrons. The summed E-state index contributed by atoms with van der Waals surface area (Å²) in [6, 6.07) is 18.5. The molecule has 10 nitrogen and oxygen atoms in total. The molecule has 0 aliphatic heterocycles. The summed E-state index contributed by atoms with van der Waals surface area (Å²) in [5, 5.41) is 23.5. The van der Waals surface area contributed by atoms with Crippen molar-refractivity contribution in [2.75, 3.05) is 0 Å². The zero-order chi connectivity index (χ0) is 21.8. The number of aromatic nitrogens is 4. The fourth-order valence-electron chi connectivity index (χ4n) is 2.98. The second-order valence-electron chi connectivity index (χ2n) is 6.64. The van der Waals surface area contributed by atoms with Crippen LogP contribution in [0.15, 0.2) is 66.7 Å². The van der Waals surface area contributed by atoms with Gasteiger partial charge < -0.3 is 4.74 Å². The van der Waals surface area contributed by atoms with E-state index in [-0.39, 0.29) is 24.7 Å². The van der Waals surface area contributed by atoms with E-state index in [4.69, 9.17) is 4.74 Å². The number of nitro benzene ring substituents is 1. The van der Waals surface area contributed by atoms with Crippen molar-refractivity contribution < 1.29 is 19.2 Å².